The molecule has 2 fully saturated rings. The van der Waals surface area contributed by atoms with Crippen molar-refractivity contribution in [2.24, 2.45) is 17.8 Å². The summed E-state index contributed by atoms with van der Waals surface area (Å²) in [5.74, 6) is 1.37. The van der Waals surface area contributed by atoms with Gasteiger partial charge in [-0.15, -0.1) is 0 Å². The van der Waals surface area contributed by atoms with Gasteiger partial charge in [0, 0.05) is 18.5 Å². The Morgan fingerprint density at radius 3 is 2.65 bits per heavy atom. The molecule has 172 valence electrons. The van der Waals surface area contributed by atoms with E-state index in [0.29, 0.717) is 36.5 Å². The van der Waals surface area contributed by atoms with Crippen LogP contribution in [0.1, 0.15) is 51.0 Å². The average Bonchev–Trinajstić information content (AvgIpc) is 3.30. The Bertz CT molecular complexity index is 927. The maximum atomic E-state index is 12.8. The van der Waals surface area contributed by atoms with E-state index in [1.165, 1.54) is 11.5 Å². The highest BCUT2D eigenvalue weighted by Gasteiger charge is 2.49. The van der Waals surface area contributed by atoms with Crippen molar-refractivity contribution in [1.29, 1.82) is 0 Å². The minimum atomic E-state index is -0.532. The highest BCUT2D eigenvalue weighted by Crippen LogP contribution is 2.45. The molecule has 9 heteroatoms. The summed E-state index contributed by atoms with van der Waals surface area (Å²) < 4.78 is 11.0. The lowest BCUT2D eigenvalue weighted by molar-refractivity contribution is 0.0196. The number of ether oxygens (including phenoxy) is 1. The van der Waals surface area contributed by atoms with Crippen molar-refractivity contribution in [2.75, 3.05) is 13.1 Å². The molecule has 2 amide bonds. The molecule has 1 aromatic carbocycles. The molecule has 0 radical (unpaired) electrons. The second kappa shape index (κ2) is 10.0. The van der Waals surface area contributed by atoms with Crippen molar-refractivity contribution in [1.82, 2.24) is 14.6 Å². The first-order valence-electron chi connectivity index (χ1n) is 10.3. The van der Waals surface area contributed by atoms with Crippen LogP contribution in [0, 0.1) is 17.8 Å². The van der Waals surface area contributed by atoms with Gasteiger partial charge in [0.1, 0.15) is 11.3 Å². The number of hydrogen-bond acceptors (Lipinski definition) is 5. The predicted octanol–water partition coefficient (Wildman–Crippen LogP) is 4.53. The standard InChI is InChI=1S/C22H29N3O3S.2H2S/c1-13-9-14-12-25(21(27)28-22(2,3)4)17(16(14)10-13)11-23-20(26)19-15-7-5-6-8-18(15)29-24-19;;/h5-8,13-14,16-17H,9-12H2,1-4H3,(H,23,26);2*1H2/t13?,14-,16-,17+;;/m0../s1. The molecule has 6 nitrogen and oxygen atoms in total. The van der Waals surface area contributed by atoms with Crippen molar-refractivity contribution in [2.45, 2.75) is 52.2 Å². The molecule has 1 N–H and O–H groups in total. The summed E-state index contributed by atoms with van der Waals surface area (Å²) in [6, 6.07) is 7.72. The van der Waals surface area contributed by atoms with Gasteiger partial charge < -0.3 is 15.0 Å². The van der Waals surface area contributed by atoms with Gasteiger partial charge in [0.05, 0.1) is 10.7 Å². The second-order valence-electron chi connectivity index (χ2n) is 9.44. The number of likely N-dealkylation sites (tertiary alicyclic amines) is 1. The van der Waals surface area contributed by atoms with Gasteiger partial charge in [-0.3, -0.25) is 4.79 Å². The first kappa shape index (κ1) is 25.8. The molecule has 1 saturated carbocycles. The molecular weight excluding hydrogens is 450 g/mol. The summed E-state index contributed by atoms with van der Waals surface area (Å²) in [5.41, 5.74) is -0.0705. The number of aromatic nitrogens is 1. The zero-order valence-electron chi connectivity index (χ0n) is 18.5. The topological polar surface area (TPSA) is 71.5 Å². The summed E-state index contributed by atoms with van der Waals surface area (Å²) >= 11 is 1.33. The van der Waals surface area contributed by atoms with Crippen molar-refractivity contribution < 1.29 is 14.3 Å². The molecule has 0 spiro atoms. The van der Waals surface area contributed by atoms with Gasteiger partial charge in [0.15, 0.2) is 0 Å². The summed E-state index contributed by atoms with van der Waals surface area (Å²) in [4.78, 5) is 27.5. The molecule has 31 heavy (non-hydrogen) atoms. The van der Waals surface area contributed by atoms with Gasteiger partial charge in [0.2, 0.25) is 0 Å². The van der Waals surface area contributed by atoms with Crippen molar-refractivity contribution in [3.8, 4) is 0 Å². The maximum Gasteiger partial charge on any atom is 0.410 e. The van der Waals surface area contributed by atoms with Crippen LogP contribution in [0.25, 0.3) is 10.1 Å². The van der Waals surface area contributed by atoms with Gasteiger partial charge in [-0.25, -0.2) is 4.79 Å². The van der Waals surface area contributed by atoms with Gasteiger partial charge in [-0.05, 0) is 69.0 Å². The molecular formula is C22H33N3O3S3. The van der Waals surface area contributed by atoms with Crippen LogP contribution in [-0.2, 0) is 4.74 Å². The van der Waals surface area contributed by atoms with E-state index < -0.39 is 5.60 Å². The zero-order valence-corrected chi connectivity index (χ0v) is 21.3. The number of hydrogen-bond donors (Lipinski definition) is 1. The molecule has 1 aliphatic heterocycles. The van der Waals surface area contributed by atoms with E-state index in [9.17, 15) is 9.59 Å². The number of fused-ring (bicyclic) bond motifs is 2. The zero-order chi connectivity index (χ0) is 20.8. The van der Waals surface area contributed by atoms with E-state index in [2.05, 4.69) is 16.6 Å². The third kappa shape index (κ3) is 5.49. The van der Waals surface area contributed by atoms with Crippen molar-refractivity contribution >= 4 is 60.6 Å². The van der Waals surface area contributed by atoms with E-state index >= 15 is 0 Å². The van der Waals surface area contributed by atoms with Crippen LogP contribution in [0.15, 0.2) is 24.3 Å². The fourth-order valence-electron chi connectivity index (χ4n) is 4.87. The molecule has 0 bridgehead atoms. The molecule has 4 atom stereocenters. The number of carbonyl (C=O) groups is 2. The van der Waals surface area contributed by atoms with Gasteiger partial charge in [-0.1, -0.05) is 25.1 Å². The Labute approximate surface area is 202 Å². The summed E-state index contributed by atoms with van der Waals surface area (Å²) in [5, 5.41) is 3.92. The number of benzene rings is 1. The summed E-state index contributed by atoms with van der Waals surface area (Å²) in [6.07, 6.45) is 1.94. The fraction of sp³-hybridized carbons (Fsp3) is 0.591. The molecule has 1 unspecified atom stereocenters. The molecule has 2 heterocycles. The van der Waals surface area contributed by atoms with Gasteiger partial charge >= 0.3 is 6.09 Å². The molecule has 4 rings (SSSR count). The maximum absolute atomic E-state index is 12.8. The Balaban J connectivity index is 0.00000171. The van der Waals surface area contributed by atoms with E-state index in [1.807, 2.05) is 49.9 Å². The Morgan fingerprint density at radius 1 is 1.23 bits per heavy atom. The number of carbonyl (C=O) groups excluding carboxylic acids is 2. The Kier molecular flexibility index (Phi) is 8.33. The van der Waals surface area contributed by atoms with E-state index in [4.69, 9.17) is 4.74 Å². The minimum absolute atomic E-state index is 0. The highest BCUT2D eigenvalue weighted by molar-refractivity contribution is 7.59. The third-order valence-electron chi connectivity index (χ3n) is 6.00. The molecule has 1 aliphatic carbocycles. The fourth-order valence-corrected chi connectivity index (χ4v) is 5.64. The third-order valence-corrected chi connectivity index (χ3v) is 6.83. The van der Waals surface area contributed by atoms with Crippen LogP contribution in [0.4, 0.5) is 4.79 Å². The van der Waals surface area contributed by atoms with E-state index in [1.54, 1.807) is 0 Å². The van der Waals surface area contributed by atoms with E-state index in [-0.39, 0.29) is 45.0 Å². The number of amides is 2. The summed E-state index contributed by atoms with van der Waals surface area (Å²) in [6.45, 7) is 9.06. The van der Waals surface area contributed by atoms with Gasteiger partial charge in [0.25, 0.3) is 5.91 Å². The number of nitrogens with one attached hydrogen (secondary N) is 1. The van der Waals surface area contributed by atoms with Crippen LogP contribution in [0.5, 0.6) is 0 Å². The highest BCUT2D eigenvalue weighted by atomic mass is 32.1. The SMILES string of the molecule is CC1C[C@H]2CN(C(=O)OC(C)(C)C)[C@H](CNC(=O)c3nsc4ccccc34)[C@H]2C1.S.S. The van der Waals surface area contributed by atoms with Crippen LogP contribution >= 0.6 is 38.5 Å². The Hall–Kier alpha value is -1.45. The van der Waals surface area contributed by atoms with Crippen molar-refractivity contribution in [3.05, 3.63) is 30.0 Å². The molecule has 2 aromatic rings. The lowest BCUT2D eigenvalue weighted by Gasteiger charge is -2.31. The number of nitrogens with zero attached hydrogens (tertiary/aromatic N) is 2. The monoisotopic (exact) mass is 483 g/mol. The lowest BCUT2D eigenvalue weighted by Crippen LogP contribution is -2.47. The first-order chi connectivity index (χ1) is 13.7. The quantitative estimate of drug-likeness (QED) is 0.696. The predicted molar refractivity (Wildman–Crippen MR) is 135 cm³/mol. The molecule has 1 saturated heterocycles. The molecule has 2 aliphatic rings. The average molecular weight is 484 g/mol. The first-order valence-corrected chi connectivity index (χ1v) is 11.1. The number of rotatable bonds is 3. The van der Waals surface area contributed by atoms with Crippen molar-refractivity contribution in [3.63, 3.8) is 0 Å². The summed E-state index contributed by atoms with van der Waals surface area (Å²) in [7, 11) is 0. The largest absolute Gasteiger partial charge is 0.444 e. The second-order valence-corrected chi connectivity index (χ2v) is 10.2. The van der Waals surface area contributed by atoms with Crippen LogP contribution in [-0.4, -0.2) is 46.0 Å². The minimum Gasteiger partial charge on any atom is -0.444 e. The van der Waals surface area contributed by atoms with E-state index in [0.717, 1.165) is 22.9 Å². The van der Waals surface area contributed by atoms with Gasteiger partial charge in [-0.2, -0.15) is 31.4 Å². The normalized spacial score (nSPS) is 24.8. The Morgan fingerprint density at radius 2 is 1.94 bits per heavy atom. The smallest absolute Gasteiger partial charge is 0.410 e. The van der Waals surface area contributed by atoms with Crippen LogP contribution in [0.2, 0.25) is 0 Å². The van der Waals surface area contributed by atoms with Crippen LogP contribution < -0.4 is 5.32 Å². The van der Waals surface area contributed by atoms with Crippen LogP contribution in [0.3, 0.4) is 0 Å². The lowest BCUT2D eigenvalue weighted by atomic mass is 9.94. The molecule has 1 aromatic heterocycles.